The first-order valence-electron chi connectivity index (χ1n) is 6.19. The molecule has 0 saturated carbocycles. The predicted molar refractivity (Wildman–Crippen MR) is 66.8 cm³/mol. The second-order valence-corrected chi connectivity index (χ2v) is 5.10. The number of likely N-dealkylation sites (N-methyl/N-ethyl adjacent to an activating group) is 1. The monoisotopic (exact) mass is 210 g/mol. The van der Waals surface area contributed by atoms with E-state index in [1.807, 2.05) is 0 Å². The molecule has 1 heterocycles. The normalized spacial score (nSPS) is 21.1. The zero-order valence-corrected chi connectivity index (χ0v) is 10.8. The summed E-state index contributed by atoms with van der Waals surface area (Å²) < 4.78 is 0. The molecule has 0 aromatic rings. The van der Waals surface area contributed by atoms with Crippen molar-refractivity contribution >= 4 is 0 Å². The summed E-state index contributed by atoms with van der Waals surface area (Å²) in [5.74, 6) is 1.56. The fraction of sp³-hybridized carbons (Fsp3) is 0.846. The molecular formula is C13H26N2. The van der Waals surface area contributed by atoms with Crippen LogP contribution in [0.5, 0.6) is 0 Å². The molecule has 0 amide bonds. The fourth-order valence-corrected chi connectivity index (χ4v) is 2.01. The Labute approximate surface area is 94.9 Å². The summed E-state index contributed by atoms with van der Waals surface area (Å²) in [6.45, 7) is 19.1. The molecule has 15 heavy (non-hydrogen) atoms. The van der Waals surface area contributed by atoms with E-state index in [1.54, 1.807) is 0 Å². The van der Waals surface area contributed by atoms with Crippen LogP contribution in [0, 0.1) is 11.8 Å². The van der Waals surface area contributed by atoms with Crippen LogP contribution in [0.15, 0.2) is 12.3 Å². The molecule has 0 radical (unpaired) electrons. The van der Waals surface area contributed by atoms with E-state index in [4.69, 9.17) is 0 Å². The molecule has 1 rings (SSSR count). The van der Waals surface area contributed by atoms with Crippen molar-refractivity contribution in [2.24, 2.45) is 11.8 Å². The first kappa shape index (κ1) is 12.6. The average Bonchev–Trinajstić information content (AvgIpc) is 2.18. The van der Waals surface area contributed by atoms with Gasteiger partial charge in [0.1, 0.15) is 0 Å². The van der Waals surface area contributed by atoms with Gasteiger partial charge in [-0.25, -0.2) is 0 Å². The summed E-state index contributed by atoms with van der Waals surface area (Å²) in [4.78, 5) is 4.93. The largest absolute Gasteiger partial charge is 0.373 e. The Morgan fingerprint density at radius 2 is 1.93 bits per heavy atom. The SMILES string of the molecule is C=C1CN(CC(C)C(C)C)CCN1CC. The molecule has 1 fully saturated rings. The third-order valence-electron chi connectivity index (χ3n) is 3.61. The summed E-state index contributed by atoms with van der Waals surface area (Å²) in [7, 11) is 0. The topological polar surface area (TPSA) is 6.48 Å². The van der Waals surface area contributed by atoms with Gasteiger partial charge in [-0.15, -0.1) is 0 Å². The molecular weight excluding hydrogens is 184 g/mol. The molecule has 1 atom stereocenters. The quantitative estimate of drug-likeness (QED) is 0.703. The lowest BCUT2D eigenvalue weighted by atomic mass is 9.97. The number of piperazine rings is 1. The standard InChI is InChI=1S/C13H26N2/c1-6-15-8-7-14(10-13(15)5)9-12(4)11(2)3/h11-12H,5-10H2,1-4H3. The summed E-state index contributed by atoms with van der Waals surface area (Å²) in [6.07, 6.45) is 0. The summed E-state index contributed by atoms with van der Waals surface area (Å²) in [5, 5.41) is 0. The lowest BCUT2D eigenvalue weighted by Gasteiger charge is -2.38. The minimum Gasteiger partial charge on any atom is -0.373 e. The van der Waals surface area contributed by atoms with Crippen LogP contribution in [0.1, 0.15) is 27.7 Å². The maximum Gasteiger partial charge on any atom is 0.0378 e. The maximum absolute atomic E-state index is 4.15. The van der Waals surface area contributed by atoms with Gasteiger partial charge in [0.2, 0.25) is 0 Å². The second-order valence-electron chi connectivity index (χ2n) is 5.10. The van der Waals surface area contributed by atoms with Crippen LogP contribution in [0.2, 0.25) is 0 Å². The maximum atomic E-state index is 4.15. The van der Waals surface area contributed by atoms with Gasteiger partial charge in [0.25, 0.3) is 0 Å². The van der Waals surface area contributed by atoms with Gasteiger partial charge in [-0.3, -0.25) is 4.90 Å². The van der Waals surface area contributed by atoms with E-state index < -0.39 is 0 Å². The van der Waals surface area contributed by atoms with Crippen molar-refractivity contribution in [2.75, 3.05) is 32.7 Å². The van der Waals surface area contributed by atoms with Crippen molar-refractivity contribution in [1.29, 1.82) is 0 Å². The highest BCUT2D eigenvalue weighted by atomic mass is 15.3. The van der Waals surface area contributed by atoms with Crippen LogP contribution in [0.25, 0.3) is 0 Å². The van der Waals surface area contributed by atoms with Crippen LogP contribution in [0.3, 0.4) is 0 Å². The van der Waals surface area contributed by atoms with Crippen LogP contribution in [0.4, 0.5) is 0 Å². The summed E-state index contributed by atoms with van der Waals surface area (Å²) in [5.41, 5.74) is 1.29. The second kappa shape index (κ2) is 5.55. The molecule has 1 unspecified atom stereocenters. The van der Waals surface area contributed by atoms with Crippen LogP contribution < -0.4 is 0 Å². The third kappa shape index (κ3) is 3.53. The average molecular weight is 210 g/mol. The van der Waals surface area contributed by atoms with Crippen molar-refractivity contribution in [3.63, 3.8) is 0 Å². The lowest BCUT2D eigenvalue weighted by molar-refractivity contribution is 0.152. The van der Waals surface area contributed by atoms with E-state index in [9.17, 15) is 0 Å². The highest BCUT2D eigenvalue weighted by molar-refractivity contribution is 5.00. The number of rotatable bonds is 4. The molecule has 0 aliphatic carbocycles. The lowest BCUT2D eigenvalue weighted by Crippen LogP contribution is -2.45. The molecule has 0 aromatic carbocycles. The molecule has 1 saturated heterocycles. The molecule has 1 aliphatic heterocycles. The number of hydrogen-bond acceptors (Lipinski definition) is 2. The Bertz CT molecular complexity index is 211. The molecule has 1 aliphatic rings. The minimum absolute atomic E-state index is 0.780. The Hall–Kier alpha value is -0.500. The predicted octanol–water partition coefficient (Wildman–Crippen LogP) is 2.43. The molecule has 88 valence electrons. The number of hydrogen-bond donors (Lipinski definition) is 0. The summed E-state index contributed by atoms with van der Waals surface area (Å²) >= 11 is 0. The first-order chi connectivity index (χ1) is 7.04. The third-order valence-corrected chi connectivity index (χ3v) is 3.61. The molecule has 2 nitrogen and oxygen atoms in total. The van der Waals surface area contributed by atoms with Crippen molar-refractivity contribution in [3.8, 4) is 0 Å². The smallest absolute Gasteiger partial charge is 0.0378 e. The van der Waals surface area contributed by atoms with Crippen molar-refractivity contribution in [3.05, 3.63) is 12.3 Å². The van der Waals surface area contributed by atoms with E-state index in [2.05, 4.69) is 44.1 Å². The van der Waals surface area contributed by atoms with Gasteiger partial charge in [-0.05, 0) is 18.8 Å². The Morgan fingerprint density at radius 3 is 2.40 bits per heavy atom. The molecule has 0 N–H and O–H groups in total. The van der Waals surface area contributed by atoms with Gasteiger partial charge in [-0.2, -0.15) is 0 Å². The Balaban J connectivity index is 2.38. The van der Waals surface area contributed by atoms with Gasteiger partial charge < -0.3 is 4.90 Å². The Kier molecular flexibility index (Phi) is 4.65. The summed E-state index contributed by atoms with van der Waals surface area (Å²) in [6, 6.07) is 0. The van der Waals surface area contributed by atoms with Crippen LogP contribution in [-0.2, 0) is 0 Å². The van der Waals surface area contributed by atoms with Crippen LogP contribution >= 0.6 is 0 Å². The Morgan fingerprint density at radius 1 is 1.27 bits per heavy atom. The van der Waals surface area contributed by atoms with Gasteiger partial charge in [-0.1, -0.05) is 27.4 Å². The molecule has 2 heteroatoms. The van der Waals surface area contributed by atoms with E-state index in [1.165, 1.54) is 18.8 Å². The number of nitrogens with zero attached hydrogens (tertiary/aromatic N) is 2. The van der Waals surface area contributed by atoms with Gasteiger partial charge in [0.15, 0.2) is 0 Å². The van der Waals surface area contributed by atoms with Gasteiger partial charge in [0, 0.05) is 38.4 Å². The molecule has 0 spiro atoms. The molecule has 0 aromatic heterocycles. The highest BCUT2D eigenvalue weighted by Gasteiger charge is 2.20. The van der Waals surface area contributed by atoms with E-state index >= 15 is 0 Å². The molecule has 0 bridgehead atoms. The highest BCUT2D eigenvalue weighted by Crippen LogP contribution is 2.16. The van der Waals surface area contributed by atoms with Gasteiger partial charge >= 0.3 is 0 Å². The first-order valence-corrected chi connectivity index (χ1v) is 6.19. The van der Waals surface area contributed by atoms with Crippen molar-refractivity contribution in [1.82, 2.24) is 9.80 Å². The van der Waals surface area contributed by atoms with Crippen molar-refractivity contribution in [2.45, 2.75) is 27.7 Å². The minimum atomic E-state index is 0.780. The van der Waals surface area contributed by atoms with Crippen LogP contribution in [-0.4, -0.2) is 42.5 Å². The van der Waals surface area contributed by atoms with E-state index in [0.29, 0.717) is 0 Å². The van der Waals surface area contributed by atoms with Gasteiger partial charge in [0.05, 0.1) is 0 Å². The van der Waals surface area contributed by atoms with E-state index in [0.717, 1.165) is 31.5 Å². The van der Waals surface area contributed by atoms with E-state index in [-0.39, 0.29) is 0 Å². The zero-order chi connectivity index (χ0) is 11.4. The zero-order valence-electron chi connectivity index (χ0n) is 10.8. The van der Waals surface area contributed by atoms with Crippen molar-refractivity contribution < 1.29 is 0 Å². The fourth-order valence-electron chi connectivity index (χ4n) is 2.01.